The van der Waals surface area contributed by atoms with Crippen molar-refractivity contribution < 1.29 is 9.84 Å². The average molecular weight is 426 g/mol. The molecule has 0 bridgehead atoms. The average Bonchev–Trinajstić information content (AvgIpc) is 3.20. The van der Waals surface area contributed by atoms with Crippen molar-refractivity contribution >= 4 is 11.8 Å². The summed E-state index contributed by atoms with van der Waals surface area (Å²) >= 11 is 1.85. The van der Waals surface area contributed by atoms with Crippen molar-refractivity contribution in [1.82, 2.24) is 10.2 Å². The number of aliphatic hydroxyl groups excluding tert-OH is 1. The maximum Gasteiger partial charge on any atom is 0.118 e. The highest BCUT2D eigenvalue weighted by Gasteiger charge is 2.32. The van der Waals surface area contributed by atoms with E-state index in [1.807, 2.05) is 48.2 Å². The second kappa shape index (κ2) is 10.3. The third kappa shape index (κ3) is 6.23. The molecule has 5 nitrogen and oxygen atoms in total. The normalized spacial score (nSPS) is 18.2. The van der Waals surface area contributed by atoms with Gasteiger partial charge in [-0.1, -0.05) is 24.3 Å². The Morgan fingerprint density at radius 1 is 1.27 bits per heavy atom. The number of nitriles is 1. The van der Waals surface area contributed by atoms with Gasteiger partial charge < -0.3 is 15.2 Å². The summed E-state index contributed by atoms with van der Waals surface area (Å²) in [6.45, 7) is 5.62. The summed E-state index contributed by atoms with van der Waals surface area (Å²) < 4.78 is 5.23. The molecule has 1 aliphatic rings. The van der Waals surface area contributed by atoms with Gasteiger partial charge in [-0.15, -0.1) is 11.8 Å². The van der Waals surface area contributed by atoms with E-state index in [1.54, 1.807) is 7.11 Å². The Kier molecular flexibility index (Phi) is 7.79. The van der Waals surface area contributed by atoms with Crippen LogP contribution in [0.2, 0.25) is 0 Å². The third-order valence-corrected chi connectivity index (χ3v) is 6.59. The molecule has 1 heterocycles. The lowest BCUT2D eigenvalue weighted by molar-refractivity contribution is 0.0684. The van der Waals surface area contributed by atoms with Crippen LogP contribution in [0, 0.1) is 11.3 Å². The molecule has 2 atom stereocenters. The first kappa shape index (κ1) is 22.6. The Bertz CT molecular complexity index is 863. The molecular formula is C24H31N3O2S. The molecule has 0 spiro atoms. The van der Waals surface area contributed by atoms with Gasteiger partial charge in [0.15, 0.2) is 0 Å². The second-order valence-electron chi connectivity index (χ2n) is 8.48. The molecule has 2 aromatic rings. The lowest BCUT2D eigenvalue weighted by atomic mass is 9.94. The van der Waals surface area contributed by atoms with Crippen LogP contribution in [-0.2, 0) is 13.0 Å². The molecule has 0 saturated carbocycles. The van der Waals surface area contributed by atoms with E-state index in [-0.39, 0.29) is 11.6 Å². The quantitative estimate of drug-likeness (QED) is 0.642. The molecule has 0 aliphatic carbocycles. The van der Waals surface area contributed by atoms with Gasteiger partial charge in [0.05, 0.1) is 24.8 Å². The number of β-amino-alcohol motifs (C(OH)–C–C–N with tert-alkyl or cyclic N) is 1. The Hall–Kier alpha value is -2.04. The number of hydrogen-bond acceptors (Lipinski definition) is 6. The molecule has 160 valence electrons. The van der Waals surface area contributed by atoms with E-state index in [1.165, 1.54) is 5.56 Å². The van der Waals surface area contributed by atoms with Crippen LogP contribution >= 0.6 is 11.8 Å². The standard InChI is InChI=1S/C24H31N3O2S/c1-24(2,12-18-7-9-21(29-3)10-8-18)26-14-23(28)22-16-30-17-27(22)15-20-6-4-5-19(11-20)13-25/h4-11,22-23,26,28H,12,14-17H2,1-3H3. The Morgan fingerprint density at radius 2 is 2.03 bits per heavy atom. The topological polar surface area (TPSA) is 68.5 Å². The molecule has 0 radical (unpaired) electrons. The minimum Gasteiger partial charge on any atom is -0.497 e. The molecule has 30 heavy (non-hydrogen) atoms. The number of benzene rings is 2. The number of thioether (sulfide) groups is 1. The van der Waals surface area contributed by atoms with Crippen LogP contribution in [0.5, 0.6) is 5.75 Å². The van der Waals surface area contributed by atoms with Gasteiger partial charge in [0.2, 0.25) is 0 Å². The summed E-state index contributed by atoms with van der Waals surface area (Å²) in [7, 11) is 1.67. The molecule has 0 amide bonds. The van der Waals surface area contributed by atoms with E-state index in [0.717, 1.165) is 35.9 Å². The van der Waals surface area contributed by atoms with Crippen molar-refractivity contribution in [2.24, 2.45) is 0 Å². The summed E-state index contributed by atoms with van der Waals surface area (Å²) in [5.74, 6) is 2.67. The van der Waals surface area contributed by atoms with Crippen LogP contribution < -0.4 is 10.1 Å². The molecule has 1 fully saturated rings. The highest BCUT2D eigenvalue weighted by atomic mass is 32.2. The molecule has 0 aromatic heterocycles. The number of methoxy groups -OCH3 is 1. The van der Waals surface area contributed by atoms with Crippen LogP contribution in [0.3, 0.4) is 0 Å². The van der Waals surface area contributed by atoms with Gasteiger partial charge in [-0.05, 0) is 55.7 Å². The predicted molar refractivity (Wildman–Crippen MR) is 123 cm³/mol. The lowest BCUT2D eigenvalue weighted by Gasteiger charge is -2.32. The fourth-order valence-corrected chi connectivity index (χ4v) is 5.11. The number of rotatable bonds is 9. The number of aliphatic hydroxyl groups is 1. The maximum absolute atomic E-state index is 10.9. The lowest BCUT2D eigenvalue weighted by Crippen LogP contribution is -2.50. The summed E-state index contributed by atoms with van der Waals surface area (Å²) in [6.07, 6.45) is 0.419. The van der Waals surface area contributed by atoms with E-state index in [4.69, 9.17) is 10.00 Å². The Morgan fingerprint density at radius 3 is 2.73 bits per heavy atom. The van der Waals surface area contributed by atoms with E-state index in [9.17, 15) is 5.11 Å². The van der Waals surface area contributed by atoms with Gasteiger partial charge in [0.1, 0.15) is 5.75 Å². The van der Waals surface area contributed by atoms with Gasteiger partial charge in [-0.25, -0.2) is 0 Å². The van der Waals surface area contributed by atoms with Gasteiger partial charge in [-0.2, -0.15) is 5.26 Å². The molecule has 6 heteroatoms. The monoisotopic (exact) mass is 425 g/mol. The van der Waals surface area contributed by atoms with Crippen LogP contribution in [-0.4, -0.2) is 53.0 Å². The van der Waals surface area contributed by atoms with Gasteiger partial charge >= 0.3 is 0 Å². The van der Waals surface area contributed by atoms with Crippen molar-refractivity contribution in [1.29, 1.82) is 5.26 Å². The van der Waals surface area contributed by atoms with Gasteiger partial charge in [0, 0.05) is 36.3 Å². The van der Waals surface area contributed by atoms with Crippen molar-refractivity contribution in [2.45, 2.75) is 44.5 Å². The molecule has 3 rings (SSSR count). The Balaban J connectivity index is 1.54. The number of hydrogen-bond donors (Lipinski definition) is 2. The first-order valence-electron chi connectivity index (χ1n) is 10.3. The summed E-state index contributed by atoms with van der Waals surface area (Å²) in [4.78, 5) is 2.31. The first-order valence-corrected chi connectivity index (χ1v) is 11.4. The van der Waals surface area contributed by atoms with Crippen LogP contribution in [0.4, 0.5) is 0 Å². The fourth-order valence-electron chi connectivity index (χ4n) is 3.82. The predicted octanol–water partition coefficient (Wildman–Crippen LogP) is 3.41. The van der Waals surface area contributed by atoms with E-state index >= 15 is 0 Å². The number of ether oxygens (including phenoxy) is 1. The van der Waals surface area contributed by atoms with Crippen molar-refractivity contribution in [3.05, 3.63) is 65.2 Å². The van der Waals surface area contributed by atoms with Crippen molar-refractivity contribution in [3.63, 3.8) is 0 Å². The highest BCUT2D eigenvalue weighted by Crippen LogP contribution is 2.26. The maximum atomic E-state index is 10.9. The minimum absolute atomic E-state index is 0.102. The van der Waals surface area contributed by atoms with Crippen LogP contribution in [0.15, 0.2) is 48.5 Å². The Labute approximate surface area is 184 Å². The molecule has 2 N–H and O–H groups in total. The van der Waals surface area contributed by atoms with Crippen molar-refractivity contribution in [3.8, 4) is 11.8 Å². The van der Waals surface area contributed by atoms with Crippen molar-refractivity contribution in [2.75, 3.05) is 25.3 Å². The van der Waals surface area contributed by atoms with Gasteiger partial charge in [-0.3, -0.25) is 4.90 Å². The summed E-state index contributed by atoms with van der Waals surface area (Å²) in [5.41, 5.74) is 2.89. The zero-order chi connectivity index (χ0) is 21.6. The van der Waals surface area contributed by atoms with E-state index in [0.29, 0.717) is 12.1 Å². The minimum atomic E-state index is -0.450. The van der Waals surface area contributed by atoms with Crippen LogP contribution in [0.1, 0.15) is 30.5 Å². The summed E-state index contributed by atoms with van der Waals surface area (Å²) in [5, 5.41) is 23.6. The largest absolute Gasteiger partial charge is 0.497 e. The molecule has 2 unspecified atom stereocenters. The zero-order valence-corrected chi connectivity index (χ0v) is 18.8. The summed E-state index contributed by atoms with van der Waals surface area (Å²) in [6, 6.07) is 18.2. The smallest absolute Gasteiger partial charge is 0.118 e. The SMILES string of the molecule is COc1ccc(CC(C)(C)NCC(O)C2CSCN2Cc2cccc(C#N)c2)cc1. The number of nitrogens with one attached hydrogen (secondary N) is 1. The molecule has 2 aromatic carbocycles. The third-order valence-electron chi connectivity index (χ3n) is 5.50. The highest BCUT2D eigenvalue weighted by molar-refractivity contribution is 7.99. The molecule has 1 aliphatic heterocycles. The zero-order valence-electron chi connectivity index (χ0n) is 18.0. The number of nitrogens with zero attached hydrogens (tertiary/aromatic N) is 2. The van der Waals surface area contributed by atoms with E-state index < -0.39 is 6.10 Å². The van der Waals surface area contributed by atoms with E-state index in [2.05, 4.69) is 42.3 Å². The first-order chi connectivity index (χ1) is 14.4. The van der Waals surface area contributed by atoms with Crippen LogP contribution in [0.25, 0.3) is 0 Å². The molecular weight excluding hydrogens is 394 g/mol. The second-order valence-corrected chi connectivity index (χ2v) is 9.48. The fraction of sp³-hybridized carbons (Fsp3) is 0.458. The van der Waals surface area contributed by atoms with Gasteiger partial charge in [0.25, 0.3) is 0 Å². The molecule has 1 saturated heterocycles.